The van der Waals surface area contributed by atoms with E-state index in [-0.39, 0.29) is 22.8 Å². The fourth-order valence-corrected chi connectivity index (χ4v) is 7.45. The monoisotopic (exact) mass is 546 g/mol. The molecule has 2 aliphatic carbocycles. The number of hydrogen-bond acceptors (Lipinski definition) is 4. The van der Waals surface area contributed by atoms with Crippen LogP contribution in [0.5, 0.6) is 0 Å². The molecule has 2 aliphatic rings. The van der Waals surface area contributed by atoms with Gasteiger partial charge in [0.05, 0.1) is 34.6 Å². The molecule has 8 heteroatoms. The quantitative estimate of drug-likeness (QED) is 0.375. The summed E-state index contributed by atoms with van der Waals surface area (Å²) in [4.78, 5) is 12.6. The number of nitrogens with one attached hydrogen (secondary N) is 1. The fraction of sp³-hybridized carbons (Fsp3) is 0.621. The van der Waals surface area contributed by atoms with Crippen molar-refractivity contribution in [1.82, 2.24) is 20.3 Å². The smallest absolute Gasteiger partial charge is 0.244 e. The number of aliphatic hydroxyl groups excluding tert-OH is 1. The van der Waals surface area contributed by atoms with Crippen LogP contribution in [0.1, 0.15) is 78.8 Å². The maximum atomic E-state index is 12.6. The molecule has 2 saturated carbocycles. The van der Waals surface area contributed by atoms with E-state index in [4.69, 9.17) is 23.2 Å². The molecule has 2 fully saturated rings. The van der Waals surface area contributed by atoms with Crippen molar-refractivity contribution in [2.24, 2.45) is 28.6 Å². The van der Waals surface area contributed by atoms with E-state index in [1.54, 1.807) is 29.1 Å². The Labute approximate surface area is 230 Å². The van der Waals surface area contributed by atoms with Gasteiger partial charge in [-0.25, -0.2) is 4.68 Å². The van der Waals surface area contributed by atoms with E-state index in [9.17, 15) is 9.90 Å². The number of halogens is 2. The lowest BCUT2D eigenvalue weighted by Crippen LogP contribution is -2.55. The van der Waals surface area contributed by atoms with Gasteiger partial charge in [-0.1, -0.05) is 68.1 Å². The van der Waals surface area contributed by atoms with Gasteiger partial charge in [-0.15, -0.1) is 5.10 Å². The van der Waals surface area contributed by atoms with Crippen LogP contribution < -0.4 is 5.32 Å². The van der Waals surface area contributed by atoms with Crippen LogP contribution in [0.15, 0.2) is 36.0 Å². The Bertz CT molecular complexity index is 1160. The molecule has 0 bridgehead atoms. The Balaban J connectivity index is 1.33. The first kappa shape index (κ1) is 28.1. The summed E-state index contributed by atoms with van der Waals surface area (Å²) in [5.74, 6) is 1.67. The summed E-state index contributed by atoms with van der Waals surface area (Å²) in [6, 6.07) is 5.24. The number of fused-ring (bicyclic) bond motifs is 1. The van der Waals surface area contributed by atoms with Crippen molar-refractivity contribution in [2.75, 3.05) is 0 Å². The predicted octanol–water partition coefficient (Wildman–Crippen LogP) is 6.77. The molecule has 4 rings (SSSR count). The Morgan fingerprint density at radius 3 is 2.70 bits per heavy atom. The Hall–Kier alpha value is -1.89. The molecule has 6 nitrogen and oxygen atoms in total. The molecule has 0 aliphatic heterocycles. The lowest BCUT2D eigenvalue weighted by atomic mass is 9.45. The number of rotatable bonds is 7. The molecule has 0 radical (unpaired) electrons. The third-order valence-electron chi connectivity index (χ3n) is 9.33. The van der Waals surface area contributed by atoms with Crippen LogP contribution in [0.3, 0.4) is 0 Å². The van der Waals surface area contributed by atoms with Crippen LogP contribution in [0.4, 0.5) is 0 Å². The number of amides is 1. The van der Waals surface area contributed by atoms with E-state index in [0.29, 0.717) is 40.0 Å². The summed E-state index contributed by atoms with van der Waals surface area (Å²) in [6.45, 7) is 11.7. The summed E-state index contributed by atoms with van der Waals surface area (Å²) < 4.78 is 1.61. The van der Waals surface area contributed by atoms with Crippen LogP contribution in [0.2, 0.25) is 10.0 Å². The highest BCUT2D eigenvalue weighted by molar-refractivity contribution is 6.42. The first-order valence-corrected chi connectivity index (χ1v) is 14.2. The normalized spacial score (nSPS) is 29.6. The lowest BCUT2D eigenvalue weighted by molar-refractivity contribution is -0.149. The molecule has 2 aromatic rings. The number of aromatic nitrogens is 3. The number of carbonyl (C=O) groups is 1. The number of aliphatic hydroxyl groups is 1. The zero-order valence-corrected chi connectivity index (χ0v) is 24.1. The summed E-state index contributed by atoms with van der Waals surface area (Å²) in [5.41, 5.74) is 2.69. The van der Waals surface area contributed by atoms with Crippen molar-refractivity contribution in [1.29, 1.82) is 0 Å². The molecule has 5 atom stereocenters. The third-order valence-corrected chi connectivity index (χ3v) is 10.1. The van der Waals surface area contributed by atoms with Gasteiger partial charge in [0, 0.05) is 6.08 Å². The van der Waals surface area contributed by atoms with Crippen molar-refractivity contribution in [3.8, 4) is 5.69 Å². The average Bonchev–Trinajstić information content (AvgIpc) is 3.31. The maximum absolute atomic E-state index is 12.6. The van der Waals surface area contributed by atoms with Crippen LogP contribution in [0.25, 0.3) is 5.69 Å². The summed E-state index contributed by atoms with van der Waals surface area (Å²) in [5, 5.41) is 22.8. The first-order valence-electron chi connectivity index (χ1n) is 13.4. The zero-order chi connectivity index (χ0) is 27.0. The Kier molecular flexibility index (Phi) is 8.42. The molecule has 202 valence electrons. The van der Waals surface area contributed by atoms with Crippen molar-refractivity contribution in [3.63, 3.8) is 0 Å². The Morgan fingerprint density at radius 1 is 1.22 bits per heavy atom. The van der Waals surface area contributed by atoms with Gasteiger partial charge in [0.1, 0.15) is 5.69 Å². The van der Waals surface area contributed by atoms with Gasteiger partial charge >= 0.3 is 0 Å². The first-order chi connectivity index (χ1) is 17.4. The molecule has 37 heavy (non-hydrogen) atoms. The molecule has 1 aromatic carbocycles. The summed E-state index contributed by atoms with van der Waals surface area (Å²) in [7, 11) is 0. The highest BCUT2D eigenvalue weighted by Gasteiger charge is 2.56. The van der Waals surface area contributed by atoms with E-state index in [0.717, 1.165) is 36.9 Å². The van der Waals surface area contributed by atoms with Crippen LogP contribution in [-0.2, 0) is 11.3 Å². The fourth-order valence-electron chi connectivity index (χ4n) is 7.16. The highest BCUT2D eigenvalue weighted by Crippen LogP contribution is 2.62. The molecule has 1 amide bonds. The second-order valence-electron chi connectivity index (χ2n) is 12.1. The van der Waals surface area contributed by atoms with Crippen molar-refractivity contribution in [3.05, 3.63) is 51.8 Å². The minimum atomic E-state index is -0.212. The standard InChI is InChI=1S/C29H40Cl2N4O2/c1-18(6-9-22-19(2)7-11-25-28(3,4)26(36)12-13-29(22,25)5)14-27(37)32-16-20-17-35(34-33-20)21-8-10-23(30)24(31)15-21/h8,10,14-15,17,19,22,25-26,36H,6-7,9,11-13,16H2,1-5H3,(H,32,37)/b18-14+/t19?,22-,25-,26-,29+/m1/s1. The Morgan fingerprint density at radius 2 is 1.97 bits per heavy atom. The molecular formula is C29H40Cl2N4O2. The molecule has 1 aromatic heterocycles. The topological polar surface area (TPSA) is 80.0 Å². The number of benzene rings is 1. The number of carbonyl (C=O) groups excluding carboxylic acids is 1. The van der Waals surface area contributed by atoms with Crippen molar-refractivity contribution < 1.29 is 9.90 Å². The highest BCUT2D eigenvalue weighted by atomic mass is 35.5. The summed E-state index contributed by atoms with van der Waals surface area (Å²) in [6.07, 6.45) is 9.63. The van der Waals surface area contributed by atoms with Gasteiger partial charge in [-0.3, -0.25) is 4.79 Å². The molecule has 0 spiro atoms. The molecule has 2 N–H and O–H groups in total. The predicted molar refractivity (Wildman–Crippen MR) is 149 cm³/mol. The number of nitrogens with zero attached hydrogens (tertiary/aromatic N) is 3. The van der Waals surface area contributed by atoms with E-state index < -0.39 is 0 Å². The molecule has 0 saturated heterocycles. The van der Waals surface area contributed by atoms with Crippen LogP contribution in [0, 0.1) is 28.6 Å². The van der Waals surface area contributed by atoms with Crippen LogP contribution in [-0.4, -0.2) is 32.1 Å². The molecule has 1 heterocycles. The number of hydrogen-bond donors (Lipinski definition) is 2. The average molecular weight is 548 g/mol. The SMILES string of the molecule is C/C(=C\C(=O)NCc1cn(-c2ccc(Cl)c(Cl)c2)nn1)CC[C@@H]1C(C)CC[C@@H]2C(C)(C)[C@H](O)CC[C@@]12C. The maximum Gasteiger partial charge on any atom is 0.244 e. The third kappa shape index (κ3) is 5.91. The van der Waals surface area contributed by atoms with Crippen LogP contribution >= 0.6 is 23.2 Å². The largest absolute Gasteiger partial charge is 0.393 e. The second-order valence-corrected chi connectivity index (χ2v) is 12.9. The van der Waals surface area contributed by atoms with Gasteiger partial charge in [0.2, 0.25) is 5.91 Å². The van der Waals surface area contributed by atoms with Gasteiger partial charge < -0.3 is 10.4 Å². The second kappa shape index (κ2) is 11.1. The van der Waals surface area contributed by atoms with Gasteiger partial charge in [-0.2, -0.15) is 0 Å². The van der Waals surface area contributed by atoms with Gasteiger partial charge in [0.15, 0.2) is 0 Å². The van der Waals surface area contributed by atoms with E-state index in [2.05, 4.69) is 43.3 Å². The summed E-state index contributed by atoms with van der Waals surface area (Å²) >= 11 is 12.1. The minimum absolute atomic E-state index is 0.0438. The van der Waals surface area contributed by atoms with Gasteiger partial charge in [-0.05, 0) is 85.8 Å². The molecular weight excluding hydrogens is 507 g/mol. The number of allylic oxidation sites excluding steroid dienone is 1. The van der Waals surface area contributed by atoms with Gasteiger partial charge in [0.25, 0.3) is 0 Å². The van der Waals surface area contributed by atoms with E-state index in [1.807, 2.05) is 13.0 Å². The van der Waals surface area contributed by atoms with E-state index in [1.165, 1.54) is 12.8 Å². The zero-order valence-electron chi connectivity index (χ0n) is 22.6. The van der Waals surface area contributed by atoms with Crippen molar-refractivity contribution >= 4 is 29.1 Å². The van der Waals surface area contributed by atoms with E-state index >= 15 is 0 Å². The lowest BCUT2D eigenvalue weighted by Gasteiger charge is -2.60. The van der Waals surface area contributed by atoms with Crippen molar-refractivity contribution in [2.45, 2.75) is 85.8 Å². The molecule has 1 unspecified atom stereocenters. The minimum Gasteiger partial charge on any atom is -0.393 e.